The van der Waals surface area contributed by atoms with Gasteiger partial charge in [0.05, 0.1) is 6.10 Å². The maximum absolute atomic E-state index is 13.3. The molecule has 0 spiro atoms. The number of aliphatic hydroxyl groups excluding tert-OH is 1. The molecule has 0 saturated carbocycles. The van der Waals surface area contributed by atoms with Crippen molar-refractivity contribution in [2.24, 2.45) is 5.73 Å². The Hall–Kier alpha value is -1.73. The summed E-state index contributed by atoms with van der Waals surface area (Å²) in [7, 11) is 0. The second-order valence-corrected chi connectivity index (χ2v) is 3.68. The zero-order chi connectivity index (χ0) is 13.5. The topological polar surface area (TPSA) is 87.4 Å². The Labute approximate surface area is 103 Å². The first-order valence-electron chi connectivity index (χ1n) is 5.37. The SMILES string of the molecule is NC(=O)NCCNCC(O)c1cc(F)ccc1F. The highest BCUT2D eigenvalue weighted by atomic mass is 19.1. The highest BCUT2D eigenvalue weighted by molar-refractivity contribution is 5.71. The van der Waals surface area contributed by atoms with Crippen molar-refractivity contribution in [2.75, 3.05) is 19.6 Å². The fraction of sp³-hybridized carbons (Fsp3) is 0.364. The Bertz CT molecular complexity index is 415. The molecule has 1 aromatic carbocycles. The molecule has 100 valence electrons. The largest absolute Gasteiger partial charge is 0.387 e. The number of benzene rings is 1. The van der Waals surface area contributed by atoms with E-state index in [1.54, 1.807) is 0 Å². The van der Waals surface area contributed by atoms with Gasteiger partial charge in [0.15, 0.2) is 0 Å². The molecule has 0 heterocycles. The first-order chi connectivity index (χ1) is 8.50. The van der Waals surface area contributed by atoms with Crippen LogP contribution in [0.1, 0.15) is 11.7 Å². The Morgan fingerprint density at radius 2 is 2.11 bits per heavy atom. The zero-order valence-electron chi connectivity index (χ0n) is 9.62. The Balaban J connectivity index is 2.38. The van der Waals surface area contributed by atoms with E-state index in [-0.39, 0.29) is 18.7 Å². The van der Waals surface area contributed by atoms with Crippen LogP contribution in [-0.4, -0.2) is 30.8 Å². The van der Waals surface area contributed by atoms with E-state index in [1.807, 2.05) is 0 Å². The molecule has 0 bridgehead atoms. The van der Waals surface area contributed by atoms with E-state index in [9.17, 15) is 18.7 Å². The quantitative estimate of drug-likeness (QED) is 0.552. The molecule has 1 atom stereocenters. The van der Waals surface area contributed by atoms with E-state index in [2.05, 4.69) is 10.6 Å². The van der Waals surface area contributed by atoms with Crippen LogP contribution in [0.2, 0.25) is 0 Å². The highest BCUT2D eigenvalue weighted by Crippen LogP contribution is 2.17. The molecule has 1 unspecified atom stereocenters. The number of urea groups is 1. The number of primary amides is 1. The summed E-state index contributed by atoms with van der Waals surface area (Å²) in [6, 6.07) is 2.25. The third-order valence-electron chi connectivity index (χ3n) is 2.26. The van der Waals surface area contributed by atoms with Gasteiger partial charge in [-0.1, -0.05) is 0 Å². The molecule has 2 amide bonds. The first kappa shape index (κ1) is 14.3. The fourth-order valence-corrected chi connectivity index (χ4v) is 1.39. The van der Waals surface area contributed by atoms with Crippen molar-refractivity contribution in [2.45, 2.75) is 6.10 Å². The monoisotopic (exact) mass is 259 g/mol. The lowest BCUT2D eigenvalue weighted by molar-refractivity contribution is 0.170. The van der Waals surface area contributed by atoms with Crippen molar-refractivity contribution >= 4 is 6.03 Å². The fourth-order valence-electron chi connectivity index (χ4n) is 1.39. The molecule has 0 aliphatic heterocycles. The van der Waals surface area contributed by atoms with Crippen molar-refractivity contribution in [3.05, 3.63) is 35.4 Å². The van der Waals surface area contributed by atoms with E-state index >= 15 is 0 Å². The normalized spacial score (nSPS) is 12.2. The smallest absolute Gasteiger partial charge is 0.312 e. The molecule has 5 nitrogen and oxygen atoms in total. The van der Waals surface area contributed by atoms with Crippen LogP contribution in [0.4, 0.5) is 13.6 Å². The van der Waals surface area contributed by atoms with Gasteiger partial charge in [0.2, 0.25) is 0 Å². The molecular weight excluding hydrogens is 244 g/mol. The molecule has 0 aromatic heterocycles. The second-order valence-electron chi connectivity index (χ2n) is 3.68. The molecule has 5 N–H and O–H groups in total. The van der Waals surface area contributed by atoms with E-state index in [0.29, 0.717) is 6.54 Å². The van der Waals surface area contributed by atoms with Crippen molar-refractivity contribution < 1.29 is 18.7 Å². The van der Waals surface area contributed by atoms with Gasteiger partial charge in [-0.2, -0.15) is 0 Å². The van der Waals surface area contributed by atoms with Crippen molar-refractivity contribution in [3.63, 3.8) is 0 Å². The summed E-state index contributed by atoms with van der Waals surface area (Å²) >= 11 is 0. The van der Waals surface area contributed by atoms with Gasteiger partial charge >= 0.3 is 6.03 Å². The van der Waals surface area contributed by atoms with Gasteiger partial charge < -0.3 is 21.5 Å². The lowest BCUT2D eigenvalue weighted by atomic mass is 10.1. The number of rotatable bonds is 6. The number of nitrogens with two attached hydrogens (primary N) is 1. The number of hydrogen-bond donors (Lipinski definition) is 4. The van der Waals surface area contributed by atoms with Crippen molar-refractivity contribution in [1.29, 1.82) is 0 Å². The molecule has 0 aliphatic carbocycles. The van der Waals surface area contributed by atoms with E-state index in [4.69, 9.17) is 5.73 Å². The second kappa shape index (κ2) is 6.87. The van der Waals surface area contributed by atoms with Crippen LogP contribution in [0.5, 0.6) is 0 Å². The number of aliphatic hydroxyl groups is 1. The summed E-state index contributed by atoms with van der Waals surface area (Å²) in [6.45, 7) is 0.686. The Kier molecular flexibility index (Phi) is 5.47. The minimum atomic E-state index is -1.16. The minimum Gasteiger partial charge on any atom is -0.387 e. The van der Waals surface area contributed by atoms with E-state index in [0.717, 1.165) is 18.2 Å². The molecule has 0 fully saturated rings. The van der Waals surface area contributed by atoms with Gasteiger partial charge in [0.1, 0.15) is 11.6 Å². The molecule has 0 aliphatic rings. The maximum atomic E-state index is 13.3. The summed E-state index contributed by atoms with van der Waals surface area (Å²) in [5, 5.41) is 14.8. The summed E-state index contributed by atoms with van der Waals surface area (Å²) in [6.07, 6.45) is -1.16. The molecule has 1 rings (SSSR count). The maximum Gasteiger partial charge on any atom is 0.312 e. The number of amides is 2. The summed E-state index contributed by atoms with van der Waals surface area (Å²) in [4.78, 5) is 10.3. The van der Waals surface area contributed by atoms with Crippen molar-refractivity contribution in [1.82, 2.24) is 10.6 Å². The van der Waals surface area contributed by atoms with Crippen LogP contribution in [0.15, 0.2) is 18.2 Å². The van der Waals surface area contributed by atoms with Crippen LogP contribution in [-0.2, 0) is 0 Å². The van der Waals surface area contributed by atoms with Crippen LogP contribution in [0.3, 0.4) is 0 Å². The molecule has 7 heteroatoms. The molecule has 18 heavy (non-hydrogen) atoms. The van der Waals surface area contributed by atoms with Gasteiger partial charge in [0.25, 0.3) is 0 Å². The molecular formula is C11H15F2N3O2. The van der Waals surface area contributed by atoms with Gasteiger partial charge in [-0.05, 0) is 18.2 Å². The lowest BCUT2D eigenvalue weighted by Crippen LogP contribution is -2.36. The average molecular weight is 259 g/mol. The Morgan fingerprint density at radius 3 is 2.78 bits per heavy atom. The van der Waals surface area contributed by atoms with Gasteiger partial charge in [0, 0.05) is 25.2 Å². The standard InChI is InChI=1S/C11H15F2N3O2/c12-7-1-2-9(13)8(5-7)10(17)6-15-3-4-16-11(14)18/h1-2,5,10,15,17H,3-4,6H2,(H3,14,16,18). The van der Waals surface area contributed by atoms with E-state index in [1.165, 1.54) is 0 Å². The first-order valence-corrected chi connectivity index (χ1v) is 5.37. The predicted octanol–water partition coefficient (Wildman–Crippen LogP) is 0.256. The third-order valence-corrected chi connectivity index (χ3v) is 2.26. The summed E-state index contributed by atoms with van der Waals surface area (Å²) in [5.41, 5.74) is 4.74. The van der Waals surface area contributed by atoms with Crippen LogP contribution in [0, 0.1) is 11.6 Å². The third kappa shape index (κ3) is 4.64. The predicted molar refractivity (Wildman–Crippen MR) is 61.8 cm³/mol. The highest BCUT2D eigenvalue weighted by Gasteiger charge is 2.13. The number of hydrogen-bond acceptors (Lipinski definition) is 3. The minimum absolute atomic E-state index is 0.0425. The van der Waals surface area contributed by atoms with Crippen LogP contribution < -0.4 is 16.4 Å². The van der Waals surface area contributed by atoms with Crippen LogP contribution in [0.25, 0.3) is 0 Å². The number of carbonyl (C=O) groups is 1. The number of halogens is 2. The van der Waals surface area contributed by atoms with Crippen LogP contribution >= 0.6 is 0 Å². The van der Waals surface area contributed by atoms with E-state index < -0.39 is 23.8 Å². The van der Waals surface area contributed by atoms with Gasteiger partial charge in [-0.25, -0.2) is 13.6 Å². The zero-order valence-corrected chi connectivity index (χ0v) is 9.62. The molecule has 1 aromatic rings. The van der Waals surface area contributed by atoms with Gasteiger partial charge in [-0.3, -0.25) is 0 Å². The molecule has 0 radical (unpaired) electrons. The summed E-state index contributed by atoms with van der Waals surface area (Å²) in [5.74, 6) is -1.28. The Morgan fingerprint density at radius 1 is 1.39 bits per heavy atom. The van der Waals surface area contributed by atoms with Crippen molar-refractivity contribution in [3.8, 4) is 0 Å². The molecule has 0 saturated heterocycles. The number of nitrogens with one attached hydrogen (secondary N) is 2. The average Bonchev–Trinajstić information content (AvgIpc) is 2.31. The lowest BCUT2D eigenvalue weighted by Gasteiger charge is -2.13. The number of carbonyl (C=O) groups excluding carboxylic acids is 1. The van der Waals surface area contributed by atoms with Gasteiger partial charge in [-0.15, -0.1) is 0 Å². The summed E-state index contributed by atoms with van der Waals surface area (Å²) < 4.78 is 26.2.